The first-order valence-corrected chi connectivity index (χ1v) is 7.55. The van der Waals surface area contributed by atoms with Crippen LogP contribution in [0.2, 0.25) is 0 Å². The Morgan fingerprint density at radius 3 is 2.61 bits per heavy atom. The lowest BCUT2D eigenvalue weighted by molar-refractivity contribution is -0.0587. The minimum absolute atomic E-state index is 0.0343. The van der Waals surface area contributed by atoms with Gasteiger partial charge in [0.1, 0.15) is 5.56 Å². The summed E-state index contributed by atoms with van der Waals surface area (Å²) in [5.41, 5.74) is -0.272. The summed E-state index contributed by atoms with van der Waals surface area (Å²) in [7, 11) is 1.50. The summed E-state index contributed by atoms with van der Waals surface area (Å²) in [5.74, 6) is 0.137. The number of carbonyl (C=O) groups excluding carboxylic acids is 1. The Morgan fingerprint density at radius 2 is 1.96 bits per heavy atom. The second kappa shape index (κ2) is 6.04. The molecular formula is C17H19NO5. The number of carbonyl (C=O) groups is 1. The fourth-order valence-corrected chi connectivity index (χ4v) is 2.94. The number of para-hydroxylation sites is 1. The van der Waals surface area contributed by atoms with Crippen LogP contribution in [0.3, 0.4) is 0 Å². The highest BCUT2D eigenvalue weighted by molar-refractivity contribution is 5.97. The first-order valence-electron chi connectivity index (χ1n) is 7.55. The predicted octanol–water partition coefficient (Wildman–Crippen LogP) is 2.05. The van der Waals surface area contributed by atoms with E-state index >= 15 is 0 Å². The van der Waals surface area contributed by atoms with Crippen molar-refractivity contribution >= 4 is 16.9 Å². The maximum Gasteiger partial charge on any atom is 0.349 e. The van der Waals surface area contributed by atoms with Gasteiger partial charge in [-0.2, -0.15) is 0 Å². The van der Waals surface area contributed by atoms with Gasteiger partial charge in [-0.05, 0) is 26.0 Å². The zero-order chi connectivity index (χ0) is 16.6. The monoisotopic (exact) mass is 317 g/mol. The summed E-state index contributed by atoms with van der Waals surface area (Å²) in [4.78, 5) is 26.6. The van der Waals surface area contributed by atoms with E-state index in [1.807, 2.05) is 13.8 Å². The van der Waals surface area contributed by atoms with Crippen molar-refractivity contribution in [2.45, 2.75) is 26.1 Å². The molecule has 6 heteroatoms. The molecule has 1 aromatic carbocycles. The zero-order valence-electron chi connectivity index (χ0n) is 13.4. The van der Waals surface area contributed by atoms with Crippen molar-refractivity contribution in [1.82, 2.24) is 4.90 Å². The third kappa shape index (κ3) is 2.94. The Balaban J connectivity index is 2.01. The first kappa shape index (κ1) is 15.6. The number of hydrogen-bond acceptors (Lipinski definition) is 5. The van der Waals surface area contributed by atoms with Gasteiger partial charge in [-0.1, -0.05) is 12.1 Å². The molecule has 0 aliphatic carbocycles. The number of morpholine rings is 1. The van der Waals surface area contributed by atoms with Crippen LogP contribution < -0.4 is 10.4 Å². The van der Waals surface area contributed by atoms with Crippen LogP contribution in [-0.2, 0) is 4.74 Å². The highest BCUT2D eigenvalue weighted by Crippen LogP contribution is 2.25. The van der Waals surface area contributed by atoms with Crippen molar-refractivity contribution in [3.8, 4) is 5.75 Å². The fraction of sp³-hybridized carbons (Fsp3) is 0.412. The standard InChI is InChI=1S/C17H19NO5/c1-10-8-18(9-11(2)22-10)16(19)13-7-12-5-4-6-14(21-3)15(12)23-17(13)20/h4-7,10-11H,8-9H2,1-3H3/t10-,11+. The normalized spacial score (nSPS) is 21.4. The minimum atomic E-state index is -0.654. The topological polar surface area (TPSA) is 69.0 Å². The van der Waals surface area contributed by atoms with Gasteiger partial charge in [-0.15, -0.1) is 0 Å². The lowest BCUT2D eigenvalue weighted by Crippen LogP contribution is -2.49. The molecule has 0 N–H and O–H groups in total. The molecule has 1 aliphatic rings. The maximum atomic E-state index is 12.7. The lowest BCUT2D eigenvalue weighted by atomic mass is 10.1. The molecule has 0 saturated carbocycles. The van der Waals surface area contributed by atoms with E-state index in [4.69, 9.17) is 13.9 Å². The average Bonchev–Trinajstić information content (AvgIpc) is 2.52. The number of fused-ring (bicyclic) bond motifs is 1. The van der Waals surface area contributed by atoms with E-state index in [1.165, 1.54) is 7.11 Å². The molecule has 2 aromatic rings. The summed E-state index contributed by atoms with van der Waals surface area (Å²) in [6, 6.07) is 6.84. The van der Waals surface area contributed by atoms with Gasteiger partial charge < -0.3 is 18.8 Å². The predicted molar refractivity (Wildman–Crippen MR) is 84.9 cm³/mol. The Labute approximate surface area is 133 Å². The van der Waals surface area contributed by atoms with E-state index in [0.717, 1.165) is 0 Å². The number of ether oxygens (including phenoxy) is 2. The van der Waals surface area contributed by atoms with Gasteiger partial charge in [0.25, 0.3) is 5.91 Å². The van der Waals surface area contributed by atoms with Crippen molar-refractivity contribution in [1.29, 1.82) is 0 Å². The summed E-state index contributed by atoms with van der Waals surface area (Å²) in [6.07, 6.45) is -0.120. The molecule has 0 radical (unpaired) electrons. The molecule has 1 saturated heterocycles. The van der Waals surface area contributed by atoms with Crippen LogP contribution in [0.1, 0.15) is 24.2 Å². The van der Waals surface area contributed by atoms with Crippen molar-refractivity contribution in [2.75, 3.05) is 20.2 Å². The van der Waals surface area contributed by atoms with Crippen molar-refractivity contribution in [3.63, 3.8) is 0 Å². The highest BCUT2D eigenvalue weighted by atomic mass is 16.5. The largest absolute Gasteiger partial charge is 0.493 e. The lowest BCUT2D eigenvalue weighted by Gasteiger charge is -2.35. The molecule has 6 nitrogen and oxygen atoms in total. The Hall–Kier alpha value is -2.34. The molecule has 122 valence electrons. The van der Waals surface area contributed by atoms with Crippen molar-refractivity contribution in [2.24, 2.45) is 0 Å². The number of nitrogens with zero attached hydrogens (tertiary/aromatic N) is 1. The summed E-state index contributed by atoms with van der Waals surface area (Å²) < 4.78 is 16.1. The van der Waals surface area contributed by atoms with Gasteiger partial charge in [0, 0.05) is 18.5 Å². The van der Waals surface area contributed by atoms with Crippen LogP contribution in [-0.4, -0.2) is 43.2 Å². The van der Waals surface area contributed by atoms with E-state index in [-0.39, 0.29) is 23.7 Å². The highest BCUT2D eigenvalue weighted by Gasteiger charge is 2.28. The molecule has 23 heavy (non-hydrogen) atoms. The molecular weight excluding hydrogens is 298 g/mol. The van der Waals surface area contributed by atoms with E-state index in [9.17, 15) is 9.59 Å². The van der Waals surface area contributed by atoms with Gasteiger partial charge >= 0.3 is 5.63 Å². The molecule has 2 heterocycles. The van der Waals surface area contributed by atoms with E-state index in [2.05, 4.69) is 0 Å². The molecule has 0 spiro atoms. The van der Waals surface area contributed by atoms with Crippen LogP contribution in [0.5, 0.6) is 5.75 Å². The van der Waals surface area contributed by atoms with Crippen LogP contribution in [0.4, 0.5) is 0 Å². The molecule has 1 aliphatic heterocycles. The number of hydrogen-bond donors (Lipinski definition) is 0. The van der Waals surface area contributed by atoms with E-state index in [1.54, 1.807) is 29.2 Å². The van der Waals surface area contributed by atoms with Gasteiger partial charge in [0.15, 0.2) is 11.3 Å². The second-order valence-electron chi connectivity index (χ2n) is 5.79. The van der Waals surface area contributed by atoms with Crippen LogP contribution in [0, 0.1) is 0 Å². The maximum absolute atomic E-state index is 12.7. The van der Waals surface area contributed by atoms with E-state index in [0.29, 0.717) is 29.8 Å². The van der Waals surface area contributed by atoms with Crippen LogP contribution in [0.15, 0.2) is 33.5 Å². The minimum Gasteiger partial charge on any atom is -0.493 e. The SMILES string of the molecule is COc1cccc2cc(C(=O)N3C[C@@H](C)O[C@@H](C)C3)c(=O)oc12. The zero-order valence-corrected chi connectivity index (χ0v) is 13.4. The number of methoxy groups -OCH3 is 1. The van der Waals surface area contributed by atoms with Crippen molar-refractivity contribution < 1.29 is 18.7 Å². The van der Waals surface area contributed by atoms with Gasteiger partial charge in [-0.25, -0.2) is 4.79 Å². The quantitative estimate of drug-likeness (QED) is 0.793. The van der Waals surface area contributed by atoms with Gasteiger partial charge in [0.05, 0.1) is 19.3 Å². The number of amides is 1. The van der Waals surface area contributed by atoms with Crippen LogP contribution in [0.25, 0.3) is 11.0 Å². The number of benzene rings is 1. The fourth-order valence-electron chi connectivity index (χ4n) is 2.94. The summed E-state index contributed by atoms with van der Waals surface area (Å²) in [5, 5.41) is 0.654. The Bertz CT molecular complexity index is 787. The summed E-state index contributed by atoms with van der Waals surface area (Å²) >= 11 is 0. The molecule has 0 bridgehead atoms. The smallest absolute Gasteiger partial charge is 0.349 e. The van der Waals surface area contributed by atoms with Gasteiger partial charge in [-0.3, -0.25) is 4.79 Å². The van der Waals surface area contributed by atoms with E-state index < -0.39 is 5.63 Å². The third-order valence-electron chi connectivity index (χ3n) is 3.88. The third-order valence-corrected chi connectivity index (χ3v) is 3.88. The molecule has 1 amide bonds. The van der Waals surface area contributed by atoms with Gasteiger partial charge in [0.2, 0.25) is 0 Å². The average molecular weight is 317 g/mol. The number of rotatable bonds is 2. The molecule has 1 aromatic heterocycles. The summed E-state index contributed by atoms with van der Waals surface area (Å²) in [6.45, 7) is 4.73. The molecule has 3 rings (SSSR count). The molecule has 1 fully saturated rings. The first-order chi connectivity index (χ1) is 11.0. The molecule has 0 unspecified atom stereocenters. The second-order valence-corrected chi connectivity index (χ2v) is 5.79. The van der Waals surface area contributed by atoms with Crippen molar-refractivity contribution in [3.05, 3.63) is 40.2 Å². The molecule has 2 atom stereocenters. The van der Waals surface area contributed by atoms with Crippen LogP contribution >= 0.6 is 0 Å². The Kier molecular flexibility index (Phi) is 4.09. The Morgan fingerprint density at radius 1 is 1.26 bits per heavy atom.